The van der Waals surface area contributed by atoms with Crippen molar-refractivity contribution in [3.63, 3.8) is 0 Å². The van der Waals surface area contributed by atoms with E-state index in [0.29, 0.717) is 5.58 Å². The molecule has 3 aromatic carbocycles. The van der Waals surface area contributed by atoms with Crippen LogP contribution in [0.3, 0.4) is 0 Å². The van der Waals surface area contributed by atoms with Crippen LogP contribution >= 0.6 is 11.8 Å². The molecule has 168 valence electrons. The topological polar surface area (TPSA) is 36.7 Å². The first-order valence-corrected chi connectivity index (χ1v) is 12.4. The van der Waals surface area contributed by atoms with Gasteiger partial charge in [0, 0.05) is 60.5 Å². The van der Waals surface area contributed by atoms with Crippen LogP contribution in [0.4, 0.5) is 5.69 Å². The number of hydrogen-bond donors (Lipinski definition) is 0. The highest BCUT2D eigenvalue weighted by molar-refractivity contribution is 7.99. The summed E-state index contributed by atoms with van der Waals surface area (Å²) in [4.78, 5) is 18.3. The Bertz CT molecular complexity index is 1290. The number of thioether (sulfide) groups is 1. The largest absolute Gasteiger partial charge is 0.423 e. The lowest BCUT2D eigenvalue weighted by Crippen LogP contribution is -2.47. The van der Waals surface area contributed by atoms with E-state index in [1.54, 1.807) is 6.07 Å². The number of rotatable bonds is 6. The fourth-order valence-corrected chi connectivity index (χ4v) is 5.45. The summed E-state index contributed by atoms with van der Waals surface area (Å²) in [7, 11) is 0. The van der Waals surface area contributed by atoms with E-state index in [0.717, 1.165) is 59.9 Å². The Balaban J connectivity index is 1.20. The van der Waals surface area contributed by atoms with E-state index < -0.39 is 0 Å². The first kappa shape index (κ1) is 21.8. The Morgan fingerprint density at radius 1 is 0.879 bits per heavy atom. The van der Waals surface area contributed by atoms with Crippen LogP contribution < -0.4 is 10.5 Å². The van der Waals surface area contributed by atoms with Gasteiger partial charge in [0.05, 0.1) is 0 Å². The number of anilines is 1. The van der Waals surface area contributed by atoms with Crippen LogP contribution in [-0.2, 0) is 0 Å². The van der Waals surface area contributed by atoms with Gasteiger partial charge in [0.15, 0.2) is 0 Å². The summed E-state index contributed by atoms with van der Waals surface area (Å²) in [6, 6.07) is 26.4. The molecule has 2 heterocycles. The molecule has 1 fully saturated rings. The monoisotopic (exact) mass is 456 g/mol. The Hall–Kier alpha value is -3.02. The van der Waals surface area contributed by atoms with Gasteiger partial charge in [-0.3, -0.25) is 4.90 Å². The Kier molecular flexibility index (Phi) is 6.51. The smallest absolute Gasteiger partial charge is 0.336 e. The molecular weight excluding hydrogens is 428 g/mol. The van der Waals surface area contributed by atoms with Crippen molar-refractivity contribution in [3.8, 4) is 11.1 Å². The number of piperazine rings is 1. The summed E-state index contributed by atoms with van der Waals surface area (Å²) in [6.45, 7) is 7.55. The van der Waals surface area contributed by atoms with Gasteiger partial charge in [-0.2, -0.15) is 0 Å². The fourth-order valence-electron chi connectivity index (χ4n) is 4.51. The van der Waals surface area contributed by atoms with Gasteiger partial charge in [-0.1, -0.05) is 48.5 Å². The third-order valence-corrected chi connectivity index (χ3v) is 7.28. The molecule has 0 N–H and O–H groups in total. The van der Waals surface area contributed by atoms with Gasteiger partial charge in [0.2, 0.25) is 0 Å². The van der Waals surface area contributed by atoms with Crippen molar-refractivity contribution in [1.82, 2.24) is 4.90 Å². The van der Waals surface area contributed by atoms with Gasteiger partial charge in [0.1, 0.15) is 5.58 Å². The standard InChI is InChI=1S/C28H28N2O2S/c1-21-7-5-6-10-26(21)30-15-13-29(14-16-30)17-18-33-23-11-12-24-25(22-8-3-2-4-9-22)20-28(31)32-27(24)19-23/h2-12,19-20H,13-18H2,1H3. The van der Waals surface area contributed by atoms with E-state index in [2.05, 4.69) is 53.1 Å². The number of fused-ring (bicyclic) bond motifs is 1. The molecule has 1 aliphatic rings. The maximum Gasteiger partial charge on any atom is 0.336 e. The lowest BCUT2D eigenvalue weighted by molar-refractivity contribution is 0.273. The van der Waals surface area contributed by atoms with Crippen LogP contribution in [-0.4, -0.2) is 43.4 Å². The van der Waals surface area contributed by atoms with E-state index >= 15 is 0 Å². The van der Waals surface area contributed by atoms with Crippen molar-refractivity contribution >= 4 is 28.4 Å². The number of benzene rings is 3. The van der Waals surface area contributed by atoms with Crippen molar-refractivity contribution < 1.29 is 4.42 Å². The Morgan fingerprint density at radius 2 is 1.64 bits per heavy atom. The molecule has 0 amide bonds. The maximum absolute atomic E-state index is 12.2. The van der Waals surface area contributed by atoms with Crippen LogP contribution in [0.5, 0.6) is 0 Å². The predicted octanol–water partition coefficient (Wildman–Crippen LogP) is 5.68. The molecule has 0 saturated carbocycles. The molecule has 0 unspecified atom stereocenters. The normalized spacial score (nSPS) is 14.6. The van der Waals surface area contributed by atoms with Crippen molar-refractivity contribution in [1.29, 1.82) is 0 Å². The van der Waals surface area contributed by atoms with E-state index in [4.69, 9.17) is 4.42 Å². The number of nitrogens with zero attached hydrogens (tertiary/aromatic N) is 2. The average molecular weight is 457 g/mol. The summed E-state index contributed by atoms with van der Waals surface area (Å²) < 4.78 is 5.54. The number of aryl methyl sites for hydroxylation is 1. The molecule has 0 atom stereocenters. The summed E-state index contributed by atoms with van der Waals surface area (Å²) in [5, 5.41) is 0.970. The minimum absolute atomic E-state index is 0.310. The summed E-state index contributed by atoms with van der Waals surface area (Å²) >= 11 is 1.82. The average Bonchev–Trinajstić information content (AvgIpc) is 2.85. The second kappa shape index (κ2) is 9.86. The van der Waals surface area contributed by atoms with Gasteiger partial charge in [-0.25, -0.2) is 4.79 Å². The quantitative estimate of drug-likeness (QED) is 0.275. The molecule has 1 aliphatic heterocycles. The molecular formula is C28H28N2O2S. The lowest BCUT2D eigenvalue weighted by atomic mass is 10.0. The maximum atomic E-state index is 12.2. The van der Waals surface area contributed by atoms with E-state index in [-0.39, 0.29) is 5.63 Å². The van der Waals surface area contributed by atoms with Gasteiger partial charge >= 0.3 is 5.63 Å². The van der Waals surface area contributed by atoms with Crippen LogP contribution in [0.2, 0.25) is 0 Å². The molecule has 1 aromatic heterocycles. The van der Waals surface area contributed by atoms with Crippen LogP contribution in [0.25, 0.3) is 22.1 Å². The molecule has 5 rings (SSSR count). The third-order valence-electron chi connectivity index (χ3n) is 6.31. The molecule has 0 bridgehead atoms. The van der Waals surface area contributed by atoms with Crippen molar-refractivity contribution in [3.05, 3.63) is 94.8 Å². The SMILES string of the molecule is Cc1ccccc1N1CCN(CCSc2ccc3c(-c4ccccc4)cc(=O)oc3c2)CC1. The molecule has 4 aromatic rings. The van der Waals surface area contributed by atoms with Crippen LogP contribution in [0, 0.1) is 6.92 Å². The number of para-hydroxylation sites is 1. The van der Waals surface area contributed by atoms with E-state index in [1.807, 2.05) is 48.2 Å². The van der Waals surface area contributed by atoms with Crippen molar-refractivity contribution in [2.45, 2.75) is 11.8 Å². The Labute approximate surface area is 198 Å². The minimum atomic E-state index is -0.310. The number of hydrogen-bond acceptors (Lipinski definition) is 5. The highest BCUT2D eigenvalue weighted by atomic mass is 32.2. The molecule has 1 saturated heterocycles. The second-order valence-corrected chi connectivity index (χ2v) is 9.64. The Morgan fingerprint density at radius 3 is 2.42 bits per heavy atom. The van der Waals surface area contributed by atoms with E-state index in [9.17, 15) is 4.79 Å². The van der Waals surface area contributed by atoms with Gasteiger partial charge in [-0.05, 0) is 47.9 Å². The minimum Gasteiger partial charge on any atom is -0.423 e. The van der Waals surface area contributed by atoms with Gasteiger partial charge in [0.25, 0.3) is 0 Å². The molecule has 4 nitrogen and oxygen atoms in total. The van der Waals surface area contributed by atoms with E-state index in [1.165, 1.54) is 11.3 Å². The van der Waals surface area contributed by atoms with Gasteiger partial charge in [-0.15, -0.1) is 11.8 Å². The zero-order valence-electron chi connectivity index (χ0n) is 18.9. The second-order valence-electron chi connectivity index (χ2n) is 8.47. The zero-order valence-corrected chi connectivity index (χ0v) is 19.7. The van der Waals surface area contributed by atoms with Crippen LogP contribution in [0.15, 0.2) is 93.0 Å². The molecule has 33 heavy (non-hydrogen) atoms. The molecule has 0 spiro atoms. The molecule has 0 radical (unpaired) electrons. The first-order valence-electron chi connectivity index (χ1n) is 11.5. The van der Waals surface area contributed by atoms with Crippen LogP contribution in [0.1, 0.15) is 5.56 Å². The highest BCUT2D eigenvalue weighted by Crippen LogP contribution is 2.30. The summed E-state index contributed by atoms with van der Waals surface area (Å²) in [5.74, 6) is 1.01. The molecule has 5 heteroatoms. The first-order chi connectivity index (χ1) is 16.2. The lowest BCUT2D eigenvalue weighted by Gasteiger charge is -2.36. The summed E-state index contributed by atoms with van der Waals surface area (Å²) in [5.41, 5.74) is 5.00. The third kappa shape index (κ3) is 5.00. The zero-order chi connectivity index (χ0) is 22.6. The predicted molar refractivity (Wildman–Crippen MR) is 138 cm³/mol. The molecule has 0 aliphatic carbocycles. The van der Waals surface area contributed by atoms with Gasteiger partial charge < -0.3 is 9.32 Å². The van der Waals surface area contributed by atoms with Crippen molar-refractivity contribution in [2.24, 2.45) is 0 Å². The fraction of sp³-hybridized carbons (Fsp3) is 0.250. The van der Waals surface area contributed by atoms with Crippen molar-refractivity contribution in [2.75, 3.05) is 43.4 Å². The highest BCUT2D eigenvalue weighted by Gasteiger charge is 2.18. The summed E-state index contributed by atoms with van der Waals surface area (Å²) in [6.07, 6.45) is 0.